The summed E-state index contributed by atoms with van der Waals surface area (Å²) in [6, 6.07) is 45.2. The van der Waals surface area contributed by atoms with Crippen LogP contribution in [0.3, 0.4) is 0 Å². The molecule has 23 nitrogen and oxygen atoms in total. The van der Waals surface area contributed by atoms with Gasteiger partial charge in [0.05, 0.1) is 97.2 Å². The number of carbonyl (C=O) groups excluding carboxylic acids is 2. The van der Waals surface area contributed by atoms with E-state index in [1.165, 1.54) is 30.9 Å². The number of benzene rings is 6. The van der Waals surface area contributed by atoms with E-state index in [9.17, 15) is 26.4 Å². The largest absolute Gasteiger partial charge is 0.335 e. The van der Waals surface area contributed by atoms with Gasteiger partial charge in [0.15, 0.2) is 11.6 Å². The van der Waals surface area contributed by atoms with Gasteiger partial charge in [-0.3, -0.25) is 4.79 Å². The summed E-state index contributed by atoms with van der Waals surface area (Å²) in [5, 5.41) is 47.1. The fourth-order valence-corrected chi connectivity index (χ4v) is 222. The zero-order chi connectivity index (χ0) is 66.6. The number of nitrogens with two attached hydrogens (primary N) is 1. The Kier molecular flexibility index (Phi) is 38.6. The minimum Gasteiger partial charge on any atom is -0.335 e. The Morgan fingerprint density at radius 2 is 0.979 bits per heavy atom. The normalized spacial score (nSPS) is 12.6. The number of para-hydroxylation sites is 3. The number of amidine groups is 2. The van der Waals surface area contributed by atoms with Crippen molar-refractivity contribution in [3.05, 3.63) is 204 Å². The summed E-state index contributed by atoms with van der Waals surface area (Å²) in [5.41, 5.74) is 13.2. The van der Waals surface area contributed by atoms with Gasteiger partial charge < -0.3 is 21.1 Å². The van der Waals surface area contributed by atoms with Crippen LogP contribution in [0.1, 0.15) is 56.9 Å². The molecule has 9 aromatic rings. The third kappa shape index (κ3) is 26.2. The van der Waals surface area contributed by atoms with Crippen molar-refractivity contribution in [1.29, 1.82) is 10.5 Å². The zero-order valence-electron chi connectivity index (χ0n) is 47.7. The summed E-state index contributed by atoms with van der Waals surface area (Å²) >= 11 is 17.7. The summed E-state index contributed by atoms with van der Waals surface area (Å²) in [5.74, 6) is -1.58. The first-order valence-electron chi connectivity index (χ1n) is 26.5. The fraction of sp³-hybridized carbons (Fsp3) is 0.186. The van der Waals surface area contributed by atoms with Gasteiger partial charge in [0.2, 0.25) is 5.84 Å². The Balaban J connectivity index is 0.000000253. The third-order valence-electron chi connectivity index (χ3n) is 11.9. The zero-order valence-corrected chi connectivity index (χ0v) is 70.9. The quantitative estimate of drug-likeness (QED) is 0.0597. The van der Waals surface area contributed by atoms with Gasteiger partial charge in [-0.1, -0.05) is 87.6 Å². The maximum Gasteiger partial charge on any atom is 0.286 e. The number of ether oxygens (including phenoxy) is 1. The molecule has 0 aliphatic carbocycles. The molecule has 4 N–H and O–H groups in total. The number of Topliss-reactive ketones (excluding diaryl/α,β-unsaturated/α-hetero) is 1. The summed E-state index contributed by atoms with van der Waals surface area (Å²) < 4.78 is 63.2. The molecule has 500 valence electrons. The van der Waals surface area contributed by atoms with Crippen LogP contribution in [0.15, 0.2) is 189 Å². The Labute approximate surface area is 643 Å². The molecule has 0 unspecified atom stereocenters. The van der Waals surface area contributed by atoms with E-state index in [4.69, 9.17) is 21.0 Å². The molecule has 2 aliphatic rings. The van der Waals surface area contributed by atoms with Gasteiger partial charge in [0.1, 0.15) is 9.79 Å². The third-order valence-corrected chi connectivity index (χ3v) is 265. The number of esters is 1. The molecule has 3 aromatic heterocycles. The number of rotatable bonds is 16. The van der Waals surface area contributed by atoms with E-state index in [-0.39, 0.29) is 70.9 Å². The Bertz CT molecular complexity index is 4300. The van der Waals surface area contributed by atoms with Gasteiger partial charge in [-0.25, -0.2) is 4.79 Å². The van der Waals surface area contributed by atoms with Crippen molar-refractivity contribution in [1.82, 2.24) is 45.0 Å². The van der Waals surface area contributed by atoms with Crippen LogP contribution in [0.2, 0.25) is 0 Å². The number of fused-ring (bicyclic) bond motifs is 2. The molecule has 0 atom stereocenters. The van der Waals surface area contributed by atoms with Gasteiger partial charge >= 0.3 is 109 Å². The summed E-state index contributed by atoms with van der Waals surface area (Å²) in [4.78, 5) is 28.9. The van der Waals surface area contributed by atoms with Crippen LogP contribution in [-0.4, -0.2) is 98.4 Å². The monoisotopic (exact) mass is 2440 g/mol. The van der Waals surface area contributed by atoms with E-state index in [0.717, 1.165) is 47.3 Å². The SMILES string of the molecule is C.C.CCOC(=O)C1=NS(=O)(=O)c2cc(I)ccc2N1.I[I-]I(I)I(I)I.N#CCc1ccccc1-n1nccn1.N#CCc1ccccc1I.NCCc1ccccc1-n1nccn1.O=C(CCCc1ccccc1-n1nccn1)C1=NS(=O)(=O)c2cc(I)ccc2N1. The van der Waals surface area contributed by atoms with E-state index in [2.05, 4.69) is 159 Å². The Hall–Kier alpha value is -3.04. The summed E-state index contributed by atoms with van der Waals surface area (Å²) in [7, 11) is -8.24. The molecule has 35 heteroatoms. The predicted molar refractivity (Wildman–Crippen MR) is 442 cm³/mol. The van der Waals surface area contributed by atoms with Crippen molar-refractivity contribution in [3.63, 3.8) is 0 Å². The van der Waals surface area contributed by atoms with Crippen LogP contribution >= 0.6 is 158 Å². The van der Waals surface area contributed by atoms with Crippen molar-refractivity contribution in [2.24, 2.45) is 14.5 Å². The molecular weight excluding hydrogens is 2380 g/mol. The Morgan fingerprint density at radius 3 is 1.39 bits per heavy atom. The van der Waals surface area contributed by atoms with Gasteiger partial charge in [-0.2, -0.15) is 72.3 Å². The second kappa shape index (κ2) is 43.5. The minimum absolute atomic E-state index is 0. The minimum atomic E-state index is -3.89. The molecule has 0 saturated heterocycles. The van der Waals surface area contributed by atoms with Gasteiger partial charge in [0, 0.05) is 17.1 Å². The number of ketones is 1. The maximum absolute atomic E-state index is 12.6. The predicted octanol–water partition coefficient (Wildman–Crippen LogP) is 12.4. The van der Waals surface area contributed by atoms with Crippen LogP contribution in [0.25, 0.3) is 17.1 Å². The van der Waals surface area contributed by atoms with E-state index in [0.29, 0.717) is 56.9 Å². The number of sulfonamides is 2. The molecule has 11 rings (SSSR count). The Morgan fingerprint density at radius 1 is 0.585 bits per heavy atom. The number of aromatic nitrogens is 9. The number of aryl methyl sites for hydroxylation is 1. The molecule has 6 aromatic carbocycles. The number of hydrogen-bond acceptors (Lipinski definition) is 18. The van der Waals surface area contributed by atoms with Crippen LogP contribution in [0, 0.1) is 33.4 Å². The average molecular weight is 2440 g/mol. The number of nitrogens with one attached hydrogen (secondary N) is 2. The molecule has 0 saturated carbocycles. The van der Waals surface area contributed by atoms with Crippen molar-refractivity contribution < 1.29 is 44.4 Å². The molecule has 2 aliphatic heterocycles. The van der Waals surface area contributed by atoms with Gasteiger partial charge in [-0.05, 0) is 183 Å². The van der Waals surface area contributed by atoms with Crippen molar-refractivity contribution in [3.8, 4) is 29.2 Å². The van der Waals surface area contributed by atoms with Crippen molar-refractivity contribution in [2.75, 3.05) is 23.8 Å². The molecular formula is C59H59I10N16O7S2-. The van der Waals surface area contributed by atoms with Crippen LogP contribution < -0.4 is 29.6 Å². The number of anilines is 2. The second-order valence-corrected chi connectivity index (χ2v) is 138. The molecule has 94 heavy (non-hydrogen) atoms. The average Bonchev–Trinajstić information content (AvgIpc) is 0.981. The number of hydrogen-bond donors (Lipinski definition) is 3. The van der Waals surface area contributed by atoms with E-state index >= 15 is 0 Å². The fourth-order valence-electron chi connectivity index (χ4n) is 7.92. The smallest absolute Gasteiger partial charge is 0.286 e. The first-order valence-corrected chi connectivity index (χ1v) is 70.3. The van der Waals surface area contributed by atoms with Gasteiger partial charge in [-0.15, -0.1) is 8.80 Å². The number of carbonyl (C=O) groups is 2. The molecule has 0 spiro atoms. The number of halogens is 10. The van der Waals surface area contributed by atoms with E-state index in [1.54, 1.807) is 73.2 Å². The van der Waals surface area contributed by atoms with E-state index < -0.39 is 26.0 Å². The van der Waals surface area contributed by atoms with Crippen molar-refractivity contribution in [2.45, 2.75) is 70.1 Å². The second-order valence-electron chi connectivity index (χ2n) is 17.9. The summed E-state index contributed by atoms with van der Waals surface area (Å²) in [6.45, 7) is 2.42. The molecule has 0 fully saturated rings. The van der Waals surface area contributed by atoms with Gasteiger partial charge in [0.25, 0.3) is 20.0 Å². The number of nitrogens with zero attached hydrogens (tertiary/aromatic N) is 13. The number of nitriles is 2. The van der Waals surface area contributed by atoms with Crippen LogP contribution in [0.5, 0.6) is 0 Å². The van der Waals surface area contributed by atoms with E-state index in [1.807, 2.05) is 142 Å². The molecule has 5 heterocycles. The van der Waals surface area contributed by atoms with Crippen molar-refractivity contribution >= 4 is 213 Å². The topological polar surface area (TPSA) is 326 Å². The first-order chi connectivity index (χ1) is 44.2. The first kappa shape index (κ1) is 83.4. The molecule has 0 bridgehead atoms. The van der Waals surface area contributed by atoms with Crippen LogP contribution in [0.4, 0.5) is 11.4 Å². The standard InChI is InChI=1S/C19H16IN5O3S.C10H9IN2O4S.C10H12N4.C10H8N4.C8H6IN.2CH4.I7/c20-14-8-9-15-18(12-14)29(27,28)24-19(23-15)17(26)7-3-5-13-4-1-2-6-16(13)25-21-10-11-22-25;1-2-17-10(14)9-12-7-4-3-6(11)5-8(7)18(15,16)13-9;2*11-6-5-9-3-1-2-4-10(9)14-12-7-8-13-14;9-8-4-2-1-3-7(8)5-6-10;;;1-5-7(4)6(2)3/h1-2,4,6,8-12H,3,5,7H2,(H,23,24);3-5H,2H2,1H3,(H,12,13);1-4,7-8H,5-6,11H2;1-4,7-8H,5H2;1-4H,5H2;2*1H4;/q;;;;;;;-1. The molecule has 0 radical (unpaired) electrons. The van der Waals surface area contributed by atoms with Crippen LogP contribution in [-0.2, 0) is 60.1 Å². The summed E-state index contributed by atoms with van der Waals surface area (Å²) in [6.07, 6.45) is 12.8. The molecule has 0 amide bonds. The maximum atomic E-state index is 12.6.